The summed E-state index contributed by atoms with van der Waals surface area (Å²) in [6.07, 6.45) is 4.15. The SMILES string of the molecule is O=C(C(O)c1ccccc1)N1CCC(Oc2cnccn2)C1. The lowest BCUT2D eigenvalue weighted by molar-refractivity contribution is -0.139. The Morgan fingerprint density at radius 3 is 2.86 bits per heavy atom. The van der Waals surface area contributed by atoms with Crippen LogP contribution in [-0.4, -0.2) is 45.1 Å². The molecule has 1 aromatic heterocycles. The second-order valence-electron chi connectivity index (χ2n) is 5.17. The number of carbonyl (C=O) groups is 1. The standard InChI is InChI=1S/C16H17N3O3/c20-15(12-4-2-1-3-5-12)16(21)19-9-6-13(11-19)22-14-10-17-7-8-18-14/h1-5,7-8,10,13,15,20H,6,9,11H2. The lowest BCUT2D eigenvalue weighted by Gasteiger charge is -2.20. The molecule has 1 aromatic carbocycles. The summed E-state index contributed by atoms with van der Waals surface area (Å²) in [6.45, 7) is 1.01. The Morgan fingerprint density at radius 1 is 1.32 bits per heavy atom. The maximum absolute atomic E-state index is 12.3. The highest BCUT2D eigenvalue weighted by atomic mass is 16.5. The zero-order valence-electron chi connectivity index (χ0n) is 12.0. The maximum Gasteiger partial charge on any atom is 0.256 e. The van der Waals surface area contributed by atoms with Gasteiger partial charge >= 0.3 is 0 Å². The van der Waals surface area contributed by atoms with Crippen LogP contribution in [0.25, 0.3) is 0 Å². The second kappa shape index (κ2) is 6.53. The molecule has 1 fully saturated rings. The van der Waals surface area contributed by atoms with Crippen LogP contribution >= 0.6 is 0 Å². The van der Waals surface area contributed by atoms with Crippen LogP contribution in [0.3, 0.4) is 0 Å². The minimum Gasteiger partial charge on any atom is -0.471 e. The Hall–Kier alpha value is -2.47. The molecule has 6 heteroatoms. The van der Waals surface area contributed by atoms with Crippen molar-refractivity contribution in [2.24, 2.45) is 0 Å². The predicted molar refractivity (Wildman–Crippen MR) is 79.0 cm³/mol. The molecule has 22 heavy (non-hydrogen) atoms. The summed E-state index contributed by atoms with van der Waals surface area (Å²) in [5.41, 5.74) is 0.603. The minimum atomic E-state index is -1.13. The van der Waals surface area contributed by atoms with Crippen molar-refractivity contribution in [3.8, 4) is 5.88 Å². The van der Waals surface area contributed by atoms with E-state index in [1.165, 1.54) is 0 Å². The van der Waals surface area contributed by atoms with Gasteiger partial charge in [-0.05, 0) is 5.56 Å². The summed E-state index contributed by atoms with van der Waals surface area (Å²) in [4.78, 5) is 22.0. The normalized spacial score (nSPS) is 19.0. The molecule has 1 aliphatic rings. The summed E-state index contributed by atoms with van der Waals surface area (Å²) < 4.78 is 5.69. The lowest BCUT2D eigenvalue weighted by atomic mass is 10.1. The first-order chi connectivity index (χ1) is 10.7. The predicted octanol–water partition coefficient (Wildman–Crippen LogP) is 1.19. The summed E-state index contributed by atoms with van der Waals surface area (Å²) in [5.74, 6) is 0.154. The molecule has 3 rings (SSSR count). The quantitative estimate of drug-likeness (QED) is 0.918. The third-order valence-corrected chi connectivity index (χ3v) is 3.63. The monoisotopic (exact) mass is 299 g/mol. The summed E-state index contributed by atoms with van der Waals surface area (Å²) in [7, 11) is 0. The van der Waals surface area contributed by atoms with Gasteiger partial charge in [0.15, 0.2) is 6.10 Å². The zero-order valence-corrected chi connectivity index (χ0v) is 12.0. The third kappa shape index (κ3) is 3.23. The topological polar surface area (TPSA) is 75.5 Å². The molecule has 2 unspecified atom stereocenters. The largest absolute Gasteiger partial charge is 0.471 e. The fourth-order valence-electron chi connectivity index (χ4n) is 2.49. The Kier molecular flexibility index (Phi) is 4.29. The third-order valence-electron chi connectivity index (χ3n) is 3.63. The molecule has 0 spiro atoms. The first-order valence-corrected chi connectivity index (χ1v) is 7.18. The number of hydrogen-bond donors (Lipinski definition) is 1. The molecule has 0 radical (unpaired) electrons. The first-order valence-electron chi connectivity index (χ1n) is 7.18. The van der Waals surface area contributed by atoms with Gasteiger partial charge in [0, 0.05) is 25.4 Å². The number of aliphatic hydroxyl groups excluding tert-OH is 1. The van der Waals surface area contributed by atoms with Crippen molar-refractivity contribution in [1.29, 1.82) is 0 Å². The summed E-state index contributed by atoms with van der Waals surface area (Å²) in [5, 5.41) is 10.2. The average molecular weight is 299 g/mol. The van der Waals surface area contributed by atoms with E-state index >= 15 is 0 Å². The van der Waals surface area contributed by atoms with Gasteiger partial charge in [-0.1, -0.05) is 30.3 Å². The van der Waals surface area contributed by atoms with Crippen LogP contribution in [0.2, 0.25) is 0 Å². The van der Waals surface area contributed by atoms with Crippen molar-refractivity contribution in [3.05, 3.63) is 54.5 Å². The van der Waals surface area contributed by atoms with E-state index in [-0.39, 0.29) is 12.0 Å². The van der Waals surface area contributed by atoms with Crippen molar-refractivity contribution >= 4 is 5.91 Å². The van der Waals surface area contributed by atoms with Crippen molar-refractivity contribution in [2.45, 2.75) is 18.6 Å². The number of nitrogens with zero attached hydrogens (tertiary/aromatic N) is 3. The van der Waals surface area contributed by atoms with Gasteiger partial charge in [-0.25, -0.2) is 4.98 Å². The van der Waals surface area contributed by atoms with Crippen LogP contribution in [0.1, 0.15) is 18.1 Å². The van der Waals surface area contributed by atoms with E-state index in [4.69, 9.17) is 4.74 Å². The highest BCUT2D eigenvalue weighted by Crippen LogP contribution is 2.21. The van der Waals surface area contributed by atoms with Crippen LogP contribution < -0.4 is 4.74 Å². The molecule has 1 aliphatic heterocycles. The van der Waals surface area contributed by atoms with Gasteiger partial charge < -0.3 is 14.7 Å². The average Bonchev–Trinajstić information content (AvgIpc) is 3.04. The molecule has 1 amide bonds. The highest BCUT2D eigenvalue weighted by Gasteiger charge is 2.31. The first kappa shape index (κ1) is 14.5. The van der Waals surface area contributed by atoms with E-state index in [1.807, 2.05) is 6.07 Å². The van der Waals surface area contributed by atoms with Gasteiger partial charge in [-0.15, -0.1) is 0 Å². The molecule has 1 N–H and O–H groups in total. The van der Waals surface area contributed by atoms with Gasteiger partial charge in [0.2, 0.25) is 5.88 Å². The van der Waals surface area contributed by atoms with Crippen LogP contribution in [-0.2, 0) is 4.79 Å². The number of hydrogen-bond acceptors (Lipinski definition) is 5. The van der Waals surface area contributed by atoms with Crippen molar-refractivity contribution in [3.63, 3.8) is 0 Å². The van der Waals surface area contributed by atoms with E-state index in [9.17, 15) is 9.90 Å². The van der Waals surface area contributed by atoms with E-state index in [2.05, 4.69) is 9.97 Å². The van der Waals surface area contributed by atoms with Crippen LogP contribution in [0.15, 0.2) is 48.9 Å². The van der Waals surface area contributed by atoms with Gasteiger partial charge in [-0.3, -0.25) is 9.78 Å². The number of rotatable bonds is 4. The number of amides is 1. The van der Waals surface area contributed by atoms with Gasteiger partial charge in [0.25, 0.3) is 5.91 Å². The Bertz CT molecular complexity index is 621. The molecule has 0 bridgehead atoms. The lowest BCUT2D eigenvalue weighted by Crippen LogP contribution is -2.34. The number of aliphatic hydroxyl groups is 1. The van der Waals surface area contributed by atoms with Crippen molar-refractivity contribution in [2.75, 3.05) is 13.1 Å². The second-order valence-corrected chi connectivity index (χ2v) is 5.17. The number of ether oxygens (including phenoxy) is 1. The molecule has 114 valence electrons. The molecule has 0 aliphatic carbocycles. The summed E-state index contributed by atoms with van der Waals surface area (Å²) >= 11 is 0. The molecule has 2 atom stereocenters. The Labute approximate surface area is 128 Å². The Morgan fingerprint density at radius 2 is 2.14 bits per heavy atom. The van der Waals surface area contributed by atoms with Crippen LogP contribution in [0.4, 0.5) is 0 Å². The van der Waals surface area contributed by atoms with E-state index in [0.29, 0.717) is 31.0 Å². The Balaban J connectivity index is 1.59. The summed E-state index contributed by atoms with van der Waals surface area (Å²) in [6, 6.07) is 8.94. The molecule has 0 saturated carbocycles. The number of carbonyl (C=O) groups excluding carboxylic acids is 1. The fraction of sp³-hybridized carbons (Fsp3) is 0.312. The van der Waals surface area contributed by atoms with Crippen LogP contribution in [0.5, 0.6) is 5.88 Å². The minimum absolute atomic E-state index is 0.122. The number of aromatic nitrogens is 2. The number of likely N-dealkylation sites (tertiary alicyclic amines) is 1. The molecule has 2 heterocycles. The molecular weight excluding hydrogens is 282 g/mol. The highest BCUT2D eigenvalue weighted by molar-refractivity contribution is 5.82. The van der Waals surface area contributed by atoms with E-state index in [0.717, 1.165) is 0 Å². The molecule has 2 aromatic rings. The fourth-order valence-corrected chi connectivity index (χ4v) is 2.49. The van der Waals surface area contributed by atoms with Crippen molar-refractivity contribution in [1.82, 2.24) is 14.9 Å². The van der Waals surface area contributed by atoms with Crippen molar-refractivity contribution < 1.29 is 14.6 Å². The van der Waals surface area contributed by atoms with Gasteiger partial charge in [0.05, 0.1) is 12.7 Å². The molecule has 1 saturated heterocycles. The van der Waals surface area contributed by atoms with Gasteiger partial charge in [-0.2, -0.15) is 0 Å². The van der Waals surface area contributed by atoms with Gasteiger partial charge in [0.1, 0.15) is 6.10 Å². The van der Waals surface area contributed by atoms with E-state index < -0.39 is 6.10 Å². The maximum atomic E-state index is 12.3. The number of benzene rings is 1. The molecular formula is C16H17N3O3. The zero-order chi connectivity index (χ0) is 15.4. The molecule has 6 nitrogen and oxygen atoms in total. The smallest absolute Gasteiger partial charge is 0.256 e. The van der Waals surface area contributed by atoms with Crippen LogP contribution in [0, 0.1) is 0 Å². The van der Waals surface area contributed by atoms with E-state index in [1.54, 1.807) is 47.8 Å².